The lowest BCUT2D eigenvalue weighted by Crippen LogP contribution is -2.48. The molecule has 6 nitrogen and oxygen atoms in total. The van der Waals surface area contributed by atoms with Gasteiger partial charge in [0.1, 0.15) is 0 Å². The van der Waals surface area contributed by atoms with Crippen LogP contribution >= 0.6 is 11.3 Å². The molecular formula is C18H23N3O3S2. The molecule has 1 aromatic heterocycles. The summed E-state index contributed by atoms with van der Waals surface area (Å²) >= 11 is 1.69. The van der Waals surface area contributed by atoms with Gasteiger partial charge in [0.05, 0.1) is 15.6 Å². The number of piperazine rings is 1. The number of hydrogen-bond donors (Lipinski definition) is 0. The van der Waals surface area contributed by atoms with Crippen molar-refractivity contribution in [3.63, 3.8) is 0 Å². The molecular weight excluding hydrogens is 370 g/mol. The summed E-state index contributed by atoms with van der Waals surface area (Å²) in [6, 6.07) is 6.27. The van der Waals surface area contributed by atoms with E-state index in [1.807, 2.05) is 0 Å². The normalized spacial score (nSPS) is 16.0. The van der Waals surface area contributed by atoms with E-state index in [0.717, 1.165) is 43.0 Å². The minimum atomic E-state index is -3.32. The summed E-state index contributed by atoms with van der Waals surface area (Å²) in [5.74, 6) is -0.114. The smallest absolute Gasteiger partial charge is 0.253 e. The van der Waals surface area contributed by atoms with E-state index in [-0.39, 0.29) is 10.8 Å². The van der Waals surface area contributed by atoms with Crippen molar-refractivity contribution in [2.24, 2.45) is 0 Å². The van der Waals surface area contributed by atoms with Gasteiger partial charge < -0.3 is 4.90 Å². The predicted molar refractivity (Wildman–Crippen MR) is 102 cm³/mol. The highest BCUT2D eigenvalue weighted by Crippen LogP contribution is 2.16. The first-order chi connectivity index (χ1) is 12.4. The number of aromatic nitrogens is 1. The van der Waals surface area contributed by atoms with Gasteiger partial charge in [-0.15, -0.1) is 11.3 Å². The maximum Gasteiger partial charge on any atom is 0.253 e. The van der Waals surface area contributed by atoms with Crippen LogP contribution in [0, 0.1) is 0 Å². The van der Waals surface area contributed by atoms with Crippen molar-refractivity contribution in [2.45, 2.75) is 24.8 Å². The topological polar surface area (TPSA) is 70.6 Å². The molecule has 1 aromatic carbocycles. The molecule has 2 heterocycles. The van der Waals surface area contributed by atoms with Crippen LogP contribution in [0.1, 0.15) is 28.0 Å². The van der Waals surface area contributed by atoms with E-state index in [0.29, 0.717) is 18.7 Å². The van der Waals surface area contributed by atoms with Crippen molar-refractivity contribution in [2.75, 3.05) is 32.4 Å². The molecule has 0 saturated carbocycles. The Bertz CT molecular complexity index is 885. The predicted octanol–water partition coefficient (Wildman–Crippen LogP) is 2.07. The molecule has 1 saturated heterocycles. The van der Waals surface area contributed by atoms with E-state index in [2.05, 4.69) is 22.2 Å². The van der Waals surface area contributed by atoms with E-state index >= 15 is 0 Å². The van der Waals surface area contributed by atoms with E-state index < -0.39 is 9.84 Å². The van der Waals surface area contributed by atoms with Crippen LogP contribution in [-0.4, -0.2) is 61.5 Å². The number of carbonyl (C=O) groups excluding carboxylic acids is 1. The second-order valence-corrected chi connectivity index (χ2v) is 9.41. The largest absolute Gasteiger partial charge is 0.336 e. The third kappa shape index (κ3) is 4.49. The molecule has 8 heteroatoms. The zero-order valence-electron chi connectivity index (χ0n) is 15.0. The lowest BCUT2D eigenvalue weighted by atomic mass is 10.2. The van der Waals surface area contributed by atoms with Crippen molar-refractivity contribution in [1.29, 1.82) is 0 Å². The van der Waals surface area contributed by atoms with Crippen LogP contribution in [0.2, 0.25) is 0 Å². The highest BCUT2D eigenvalue weighted by Gasteiger charge is 2.23. The van der Waals surface area contributed by atoms with Crippen LogP contribution in [0.3, 0.4) is 0 Å². The van der Waals surface area contributed by atoms with Gasteiger partial charge in [0, 0.05) is 49.9 Å². The van der Waals surface area contributed by atoms with Gasteiger partial charge in [-0.2, -0.15) is 0 Å². The Morgan fingerprint density at radius 2 is 1.96 bits per heavy atom. The molecule has 0 N–H and O–H groups in total. The molecule has 0 unspecified atom stereocenters. The van der Waals surface area contributed by atoms with Gasteiger partial charge in [0.25, 0.3) is 5.91 Å². The molecule has 140 valence electrons. The zero-order chi connectivity index (χ0) is 18.7. The Hall–Kier alpha value is -1.77. The summed E-state index contributed by atoms with van der Waals surface area (Å²) in [5.41, 5.74) is 1.51. The lowest BCUT2D eigenvalue weighted by Gasteiger charge is -2.34. The van der Waals surface area contributed by atoms with Crippen LogP contribution in [0.5, 0.6) is 0 Å². The summed E-state index contributed by atoms with van der Waals surface area (Å²) in [4.78, 5) is 21.5. The number of thiazole rings is 1. The SMILES string of the molecule is CCc1nc(CN2CCN(C(=O)c3cccc(S(C)(=O)=O)c3)CC2)cs1. The van der Waals surface area contributed by atoms with Crippen molar-refractivity contribution in [3.8, 4) is 0 Å². The Labute approximate surface area is 158 Å². The van der Waals surface area contributed by atoms with E-state index in [1.54, 1.807) is 28.4 Å². The molecule has 26 heavy (non-hydrogen) atoms. The first-order valence-corrected chi connectivity index (χ1v) is 11.4. The summed E-state index contributed by atoms with van der Waals surface area (Å²) in [7, 11) is -3.32. The molecule has 1 aliphatic heterocycles. The molecule has 0 spiro atoms. The minimum Gasteiger partial charge on any atom is -0.336 e. The Morgan fingerprint density at radius 1 is 1.23 bits per heavy atom. The summed E-state index contributed by atoms with van der Waals surface area (Å²) in [6.45, 7) is 5.75. The highest BCUT2D eigenvalue weighted by atomic mass is 32.2. The summed E-state index contributed by atoms with van der Waals surface area (Å²) in [5, 5.41) is 3.26. The van der Waals surface area contributed by atoms with E-state index in [4.69, 9.17) is 0 Å². The van der Waals surface area contributed by atoms with Crippen LogP contribution in [-0.2, 0) is 22.8 Å². The maximum absolute atomic E-state index is 12.7. The van der Waals surface area contributed by atoms with Gasteiger partial charge >= 0.3 is 0 Å². The van der Waals surface area contributed by atoms with Gasteiger partial charge in [-0.1, -0.05) is 13.0 Å². The zero-order valence-corrected chi connectivity index (χ0v) is 16.6. The minimum absolute atomic E-state index is 0.114. The van der Waals surface area contributed by atoms with Crippen molar-refractivity contribution in [1.82, 2.24) is 14.8 Å². The van der Waals surface area contributed by atoms with E-state index in [9.17, 15) is 13.2 Å². The second kappa shape index (κ2) is 7.85. The molecule has 2 aromatic rings. The number of aryl methyl sites for hydroxylation is 1. The number of sulfone groups is 1. The third-order valence-corrected chi connectivity index (χ3v) is 6.61. The molecule has 1 aliphatic rings. The summed E-state index contributed by atoms with van der Waals surface area (Å²) < 4.78 is 23.4. The number of nitrogens with zero attached hydrogens (tertiary/aromatic N) is 3. The molecule has 0 atom stereocenters. The van der Waals surface area contributed by atoms with Gasteiger partial charge in [-0.25, -0.2) is 13.4 Å². The monoisotopic (exact) mass is 393 g/mol. The number of rotatable bonds is 5. The van der Waals surface area contributed by atoms with Crippen LogP contribution in [0.25, 0.3) is 0 Å². The fourth-order valence-corrected chi connectivity index (χ4v) is 4.37. The fraction of sp³-hybridized carbons (Fsp3) is 0.444. The van der Waals surface area contributed by atoms with Crippen molar-refractivity contribution in [3.05, 3.63) is 45.9 Å². The molecule has 3 rings (SSSR count). The van der Waals surface area contributed by atoms with Gasteiger partial charge in [0.15, 0.2) is 9.84 Å². The second-order valence-electron chi connectivity index (χ2n) is 6.45. The van der Waals surface area contributed by atoms with Gasteiger partial charge in [-0.05, 0) is 24.6 Å². The molecule has 0 radical (unpaired) electrons. The van der Waals surface area contributed by atoms with E-state index in [1.165, 1.54) is 12.1 Å². The summed E-state index contributed by atoms with van der Waals surface area (Å²) in [6.07, 6.45) is 2.11. The average molecular weight is 394 g/mol. The maximum atomic E-state index is 12.7. The molecule has 0 aliphatic carbocycles. The molecule has 1 fully saturated rings. The lowest BCUT2D eigenvalue weighted by molar-refractivity contribution is 0.0627. The quantitative estimate of drug-likeness (QED) is 0.778. The fourth-order valence-electron chi connectivity index (χ4n) is 2.96. The number of hydrogen-bond acceptors (Lipinski definition) is 6. The standard InChI is InChI=1S/C18H23N3O3S2/c1-3-17-19-15(13-25-17)12-20-7-9-21(10-8-20)18(22)14-5-4-6-16(11-14)26(2,23)24/h4-6,11,13H,3,7-10,12H2,1-2H3. The number of benzene rings is 1. The van der Waals surface area contributed by atoms with Crippen molar-refractivity contribution < 1.29 is 13.2 Å². The van der Waals surface area contributed by atoms with Gasteiger partial charge in [0.2, 0.25) is 0 Å². The van der Waals surface area contributed by atoms with Crippen LogP contribution < -0.4 is 0 Å². The first-order valence-electron chi connectivity index (χ1n) is 8.62. The number of amides is 1. The average Bonchev–Trinajstić information content (AvgIpc) is 3.09. The first kappa shape index (κ1) is 19.0. The Kier molecular flexibility index (Phi) is 5.74. The van der Waals surface area contributed by atoms with Crippen LogP contribution in [0.4, 0.5) is 0 Å². The Balaban J connectivity index is 1.60. The Morgan fingerprint density at radius 3 is 2.58 bits per heavy atom. The molecule has 0 bridgehead atoms. The van der Waals surface area contributed by atoms with Crippen molar-refractivity contribution >= 4 is 27.1 Å². The third-order valence-electron chi connectivity index (χ3n) is 4.46. The number of carbonyl (C=O) groups is 1. The highest BCUT2D eigenvalue weighted by molar-refractivity contribution is 7.90. The van der Waals surface area contributed by atoms with Crippen LogP contribution in [0.15, 0.2) is 34.5 Å². The molecule has 1 amide bonds. The van der Waals surface area contributed by atoms with Gasteiger partial charge in [-0.3, -0.25) is 9.69 Å².